The van der Waals surface area contributed by atoms with Gasteiger partial charge >= 0.3 is 0 Å². The molecule has 0 aliphatic carbocycles. The molecule has 2 aliphatic heterocycles. The van der Waals surface area contributed by atoms with E-state index in [1.807, 2.05) is 4.90 Å². The van der Waals surface area contributed by atoms with Gasteiger partial charge in [0.2, 0.25) is 11.9 Å². The van der Waals surface area contributed by atoms with Gasteiger partial charge in [0, 0.05) is 39.3 Å². The molecule has 2 fully saturated rings. The van der Waals surface area contributed by atoms with Gasteiger partial charge in [-0.25, -0.2) is 9.97 Å². The van der Waals surface area contributed by atoms with Crippen LogP contribution >= 0.6 is 0 Å². The van der Waals surface area contributed by atoms with E-state index in [4.69, 9.17) is 4.74 Å². The van der Waals surface area contributed by atoms with Crippen molar-refractivity contribution in [2.24, 2.45) is 0 Å². The number of methoxy groups -OCH3 is 1. The van der Waals surface area contributed by atoms with E-state index in [-0.39, 0.29) is 11.9 Å². The number of rotatable bonds is 5. The number of carbonyl (C=O) groups excluding carboxylic acids is 1. The number of hydrogen-bond donors (Lipinski definition) is 0. The van der Waals surface area contributed by atoms with Crippen LogP contribution in [0.5, 0.6) is 5.75 Å². The third-order valence-corrected chi connectivity index (χ3v) is 5.65. The Morgan fingerprint density at radius 3 is 2.36 bits per heavy atom. The van der Waals surface area contributed by atoms with Crippen molar-refractivity contribution in [1.29, 1.82) is 0 Å². The Labute approximate surface area is 165 Å². The van der Waals surface area contributed by atoms with E-state index in [1.54, 1.807) is 19.5 Å². The maximum atomic E-state index is 12.9. The minimum Gasteiger partial charge on any atom is -0.494 e. The summed E-state index contributed by atoms with van der Waals surface area (Å²) in [7, 11) is 1.61. The van der Waals surface area contributed by atoms with Crippen molar-refractivity contribution in [3.05, 3.63) is 47.8 Å². The Kier molecular flexibility index (Phi) is 5.43. The van der Waals surface area contributed by atoms with Crippen molar-refractivity contribution in [3.63, 3.8) is 0 Å². The molecule has 28 heavy (non-hydrogen) atoms. The monoisotopic (exact) mass is 381 g/mol. The maximum absolute atomic E-state index is 12.9. The summed E-state index contributed by atoms with van der Waals surface area (Å²) in [4.78, 5) is 28.2. The zero-order valence-electron chi connectivity index (χ0n) is 16.5. The number of likely N-dealkylation sites (tertiary alicyclic amines) is 1. The Hall–Kier alpha value is -2.67. The fraction of sp³-hybridized carbons (Fsp3) is 0.476. The molecule has 4 rings (SSSR count). The molecule has 148 valence electrons. The lowest BCUT2D eigenvalue weighted by Crippen LogP contribution is -2.52. The first-order chi connectivity index (χ1) is 13.6. The first kappa shape index (κ1) is 18.7. The van der Waals surface area contributed by atoms with Crippen LogP contribution < -0.4 is 9.64 Å². The topological polar surface area (TPSA) is 61.8 Å². The number of ether oxygens (including phenoxy) is 1. The molecule has 0 saturated carbocycles. The van der Waals surface area contributed by atoms with Gasteiger partial charge < -0.3 is 14.5 Å². The Balaban J connectivity index is 1.32. The summed E-state index contributed by atoms with van der Waals surface area (Å²) in [5, 5.41) is 0. The zero-order valence-corrected chi connectivity index (χ0v) is 16.5. The minimum absolute atomic E-state index is 0.00406. The Morgan fingerprint density at radius 2 is 1.71 bits per heavy atom. The van der Waals surface area contributed by atoms with Gasteiger partial charge in [-0.05, 0) is 18.9 Å². The van der Waals surface area contributed by atoms with Crippen LogP contribution in [0.3, 0.4) is 0 Å². The normalized spacial score (nSPS) is 20.6. The third-order valence-electron chi connectivity index (χ3n) is 5.65. The molecule has 7 nitrogen and oxygen atoms in total. The standard InChI is InChI=1S/C21H27N5O2/c1-16-3-5-17(6-4-16)15-26-8-7-19(20(26)27)24-9-11-25(12-10-24)21-22-13-18(28-2)14-23-21/h3-6,13-14,19H,7-12,15H2,1-2H3. The molecule has 0 spiro atoms. The van der Waals surface area contributed by atoms with Crippen molar-refractivity contribution in [2.75, 3.05) is 44.7 Å². The van der Waals surface area contributed by atoms with Crippen molar-refractivity contribution in [3.8, 4) is 5.75 Å². The second kappa shape index (κ2) is 8.14. The second-order valence-electron chi connectivity index (χ2n) is 7.50. The van der Waals surface area contributed by atoms with Crippen LogP contribution in [0, 0.1) is 6.92 Å². The van der Waals surface area contributed by atoms with Crippen LogP contribution in [-0.2, 0) is 11.3 Å². The van der Waals surface area contributed by atoms with Gasteiger partial charge in [0.15, 0.2) is 5.75 Å². The van der Waals surface area contributed by atoms with Crippen LogP contribution in [0.25, 0.3) is 0 Å². The Bertz CT molecular complexity index is 801. The average Bonchev–Trinajstić information content (AvgIpc) is 3.10. The molecule has 1 aromatic heterocycles. The summed E-state index contributed by atoms with van der Waals surface area (Å²) in [5.74, 6) is 1.64. The summed E-state index contributed by atoms with van der Waals surface area (Å²) in [6, 6.07) is 8.44. The van der Waals surface area contributed by atoms with E-state index in [0.29, 0.717) is 12.3 Å². The minimum atomic E-state index is 0.00406. The highest BCUT2D eigenvalue weighted by molar-refractivity contribution is 5.84. The summed E-state index contributed by atoms with van der Waals surface area (Å²) in [5.41, 5.74) is 2.44. The molecule has 0 bridgehead atoms. The smallest absolute Gasteiger partial charge is 0.240 e. The number of aryl methyl sites for hydroxylation is 1. The van der Waals surface area contributed by atoms with E-state index < -0.39 is 0 Å². The molecule has 2 aliphatic rings. The van der Waals surface area contributed by atoms with Gasteiger partial charge in [-0.15, -0.1) is 0 Å². The number of anilines is 1. The van der Waals surface area contributed by atoms with Crippen LogP contribution in [0.4, 0.5) is 5.95 Å². The molecule has 0 N–H and O–H groups in total. The van der Waals surface area contributed by atoms with Crippen molar-refractivity contribution in [2.45, 2.75) is 25.9 Å². The highest BCUT2D eigenvalue weighted by Gasteiger charge is 2.37. The SMILES string of the molecule is COc1cnc(N2CCN(C3CCN(Cc4ccc(C)cc4)C3=O)CC2)nc1. The first-order valence-corrected chi connectivity index (χ1v) is 9.83. The van der Waals surface area contributed by atoms with Gasteiger partial charge in [-0.3, -0.25) is 9.69 Å². The fourth-order valence-electron chi connectivity index (χ4n) is 3.94. The summed E-state index contributed by atoms with van der Waals surface area (Å²) >= 11 is 0. The molecule has 7 heteroatoms. The number of aromatic nitrogens is 2. The molecule has 3 heterocycles. The van der Waals surface area contributed by atoms with Crippen LogP contribution in [0.1, 0.15) is 17.5 Å². The van der Waals surface area contributed by atoms with Gasteiger partial charge in [0.25, 0.3) is 0 Å². The van der Waals surface area contributed by atoms with E-state index in [9.17, 15) is 4.79 Å². The van der Waals surface area contributed by atoms with Crippen molar-refractivity contribution in [1.82, 2.24) is 19.8 Å². The molecule has 1 atom stereocenters. The second-order valence-corrected chi connectivity index (χ2v) is 7.50. The predicted molar refractivity (Wildman–Crippen MR) is 107 cm³/mol. The van der Waals surface area contributed by atoms with E-state index in [2.05, 4.69) is 51.0 Å². The molecule has 2 saturated heterocycles. The fourth-order valence-corrected chi connectivity index (χ4v) is 3.94. The van der Waals surface area contributed by atoms with Gasteiger partial charge in [0.05, 0.1) is 25.5 Å². The quantitative estimate of drug-likeness (QED) is 0.786. The summed E-state index contributed by atoms with van der Waals surface area (Å²) < 4.78 is 5.12. The van der Waals surface area contributed by atoms with Gasteiger partial charge in [-0.2, -0.15) is 0 Å². The highest BCUT2D eigenvalue weighted by Crippen LogP contribution is 2.22. The lowest BCUT2D eigenvalue weighted by atomic mass is 10.1. The molecule has 1 amide bonds. The average molecular weight is 381 g/mol. The number of nitrogens with zero attached hydrogens (tertiary/aromatic N) is 5. The molecule has 1 unspecified atom stereocenters. The number of amides is 1. The van der Waals surface area contributed by atoms with E-state index in [1.165, 1.54) is 11.1 Å². The van der Waals surface area contributed by atoms with Crippen molar-refractivity contribution < 1.29 is 9.53 Å². The van der Waals surface area contributed by atoms with Gasteiger partial charge in [0.1, 0.15) is 0 Å². The number of carbonyl (C=O) groups is 1. The maximum Gasteiger partial charge on any atom is 0.240 e. The number of benzene rings is 1. The van der Waals surface area contributed by atoms with Crippen LogP contribution in [0.15, 0.2) is 36.7 Å². The van der Waals surface area contributed by atoms with Crippen LogP contribution in [-0.4, -0.2) is 71.6 Å². The zero-order chi connectivity index (χ0) is 19.5. The summed E-state index contributed by atoms with van der Waals surface area (Å²) in [6.07, 6.45) is 4.29. The summed E-state index contributed by atoms with van der Waals surface area (Å²) in [6.45, 7) is 6.97. The van der Waals surface area contributed by atoms with E-state index in [0.717, 1.165) is 45.1 Å². The molecular formula is C21H27N5O2. The number of hydrogen-bond acceptors (Lipinski definition) is 6. The lowest BCUT2D eigenvalue weighted by molar-refractivity contribution is -0.132. The highest BCUT2D eigenvalue weighted by atomic mass is 16.5. The molecule has 0 radical (unpaired) electrons. The van der Waals surface area contributed by atoms with Gasteiger partial charge in [-0.1, -0.05) is 29.8 Å². The lowest BCUT2D eigenvalue weighted by Gasteiger charge is -2.37. The Morgan fingerprint density at radius 1 is 1.04 bits per heavy atom. The first-order valence-electron chi connectivity index (χ1n) is 9.83. The molecular weight excluding hydrogens is 354 g/mol. The predicted octanol–water partition coefficient (Wildman–Crippen LogP) is 1.72. The van der Waals surface area contributed by atoms with Crippen molar-refractivity contribution >= 4 is 11.9 Å². The molecule has 2 aromatic rings. The van der Waals surface area contributed by atoms with E-state index >= 15 is 0 Å². The number of piperazine rings is 1. The van der Waals surface area contributed by atoms with Crippen LogP contribution in [0.2, 0.25) is 0 Å². The largest absolute Gasteiger partial charge is 0.494 e. The molecule has 1 aromatic carbocycles. The third kappa shape index (κ3) is 3.94.